The highest BCUT2D eigenvalue weighted by molar-refractivity contribution is 6.00. The minimum absolute atomic E-state index is 0.0377. The van der Waals surface area contributed by atoms with E-state index in [9.17, 15) is 14.9 Å². The Bertz CT molecular complexity index is 755. The monoisotopic (exact) mass is 284 g/mol. The van der Waals surface area contributed by atoms with Crippen LogP contribution in [0.5, 0.6) is 11.6 Å². The van der Waals surface area contributed by atoms with Gasteiger partial charge in [0.05, 0.1) is 4.92 Å². The zero-order valence-corrected chi connectivity index (χ0v) is 11.3. The zero-order valence-electron chi connectivity index (χ0n) is 11.3. The van der Waals surface area contributed by atoms with Crippen LogP contribution in [0.1, 0.15) is 27.9 Å². The molecule has 0 N–H and O–H groups in total. The summed E-state index contributed by atoms with van der Waals surface area (Å²) in [4.78, 5) is 26.1. The van der Waals surface area contributed by atoms with Gasteiger partial charge in [0.15, 0.2) is 5.78 Å². The molecular formula is C15H12N2O4. The van der Waals surface area contributed by atoms with Gasteiger partial charge in [-0.15, -0.1) is 0 Å². The van der Waals surface area contributed by atoms with E-state index in [0.717, 1.165) is 5.56 Å². The van der Waals surface area contributed by atoms with Crippen molar-refractivity contribution in [3.63, 3.8) is 0 Å². The van der Waals surface area contributed by atoms with Crippen LogP contribution in [0.2, 0.25) is 0 Å². The summed E-state index contributed by atoms with van der Waals surface area (Å²) in [6, 6.07) is 6.64. The topological polar surface area (TPSA) is 82.3 Å². The fraction of sp³-hybridized carbons (Fsp3) is 0.200. The average molecular weight is 284 g/mol. The fourth-order valence-electron chi connectivity index (χ4n) is 2.43. The number of ketones is 1. The lowest BCUT2D eigenvalue weighted by Crippen LogP contribution is -1.99. The van der Waals surface area contributed by atoms with E-state index in [2.05, 4.69) is 4.98 Å². The number of carbonyl (C=O) groups is 1. The second-order valence-corrected chi connectivity index (χ2v) is 4.88. The number of ether oxygens (including phenoxy) is 1. The molecule has 6 nitrogen and oxygen atoms in total. The highest BCUT2D eigenvalue weighted by atomic mass is 16.6. The summed E-state index contributed by atoms with van der Waals surface area (Å²) in [7, 11) is 0. The number of Topliss-reactive ketones (excluding diaryl/α,β-unsaturated/α-hetero) is 1. The average Bonchev–Trinajstić information content (AvgIpc) is 2.79. The van der Waals surface area contributed by atoms with Gasteiger partial charge in [0.25, 0.3) is 5.88 Å². The number of hydrogen-bond acceptors (Lipinski definition) is 5. The molecule has 0 amide bonds. The van der Waals surface area contributed by atoms with Gasteiger partial charge < -0.3 is 4.74 Å². The summed E-state index contributed by atoms with van der Waals surface area (Å²) in [5, 5.41) is 11.1. The molecule has 0 saturated carbocycles. The maximum absolute atomic E-state index is 11.6. The molecule has 0 radical (unpaired) electrons. The van der Waals surface area contributed by atoms with Crippen molar-refractivity contribution in [3.05, 3.63) is 57.3 Å². The van der Waals surface area contributed by atoms with Crippen molar-refractivity contribution in [2.24, 2.45) is 0 Å². The summed E-state index contributed by atoms with van der Waals surface area (Å²) in [5.41, 5.74) is 1.96. The Kier molecular flexibility index (Phi) is 3.13. The number of carbonyl (C=O) groups excluding carboxylic acids is 1. The van der Waals surface area contributed by atoms with E-state index < -0.39 is 4.92 Å². The van der Waals surface area contributed by atoms with Crippen LogP contribution in [-0.4, -0.2) is 15.7 Å². The summed E-state index contributed by atoms with van der Waals surface area (Å²) >= 11 is 0. The van der Waals surface area contributed by atoms with Gasteiger partial charge in [0.1, 0.15) is 5.75 Å². The molecule has 6 heteroatoms. The quantitative estimate of drug-likeness (QED) is 0.638. The van der Waals surface area contributed by atoms with Gasteiger partial charge in [-0.05, 0) is 43.2 Å². The lowest BCUT2D eigenvalue weighted by molar-refractivity contribution is -0.386. The highest BCUT2D eigenvalue weighted by Gasteiger charge is 2.23. The molecule has 0 aliphatic heterocycles. The molecule has 0 unspecified atom stereocenters. The number of pyridine rings is 1. The molecule has 1 aromatic carbocycles. The number of rotatable bonds is 3. The van der Waals surface area contributed by atoms with Gasteiger partial charge in [0.2, 0.25) is 0 Å². The van der Waals surface area contributed by atoms with Crippen LogP contribution in [0, 0.1) is 17.0 Å². The molecule has 0 fully saturated rings. The van der Waals surface area contributed by atoms with E-state index in [1.165, 1.54) is 6.20 Å². The van der Waals surface area contributed by atoms with Gasteiger partial charge >= 0.3 is 5.69 Å². The summed E-state index contributed by atoms with van der Waals surface area (Å²) in [6.45, 7) is 1.63. The molecule has 21 heavy (non-hydrogen) atoms. The minimum atomic E-state index is -0.505. The molecule has 1 aromatic heterocycles. The first kappa shape index (κ1) is 13.2. The predicted octanol–water partition coefficient (Wildman–Crippen LogP) is 3.22. The molecule has 106 valence electrons. The third-order valence-electron chi connectivity index (χ3n) is 3.49. The molecule has 0 spiro atoms. The molecule has 0 saturated heterocycles. The predicted molar refractivity (Wildman–Crippen MR) is 74.8 cm³/mol. The number of nitro groups is 1. The third kappa shape index (κ3) is 2.35. The Balaban J connectivity index is 1.97. The van der Waals surface area contributed by atoms with Gasteiger partial charge in [0, 0.05) is 23.7 Å². The van der Waals surface area contributed by atoms with E-state index in [1.807, 2.05) is 0 Å². The largest absolute Gasteiger partial charge is 0.434 e. The van der Waals surface area contributed by atoms with Crippen LogP contribution >= 0.6 is 0 Å². The van der Waals surface area contributed by atoms with Crippen molar-refractivity contribution in [2.75, 3.05) is 0 Å². The van der Waals surface area contributed by atoms with E-state index >= 15 is 0 Å². The minimum Gasteiger partial charge on any atom is -0.434 e. The Morgan fingerprint density at radius 2 is 2.10 bits per heavy atom. The number of aryl methyl sites for hydroxylation is 2. The molecule has 1 heterocycles. The molecule has 3 rings (SSSR count). The molecule has 1 aliphatic rings. The van der Waals surface area contributed by atoms with Crippen LogP contribution in [0.3, 0.4) is 0 Å². The van der Waals surface area contributed by atoms with Crippen molar-refractivity contribution in [1.29, 1.82) is 0 Å². The molecule has 0 atom stereocenters. The Morgan fingerprint density at radius 3 is 2.86 bits per heavy atom. The smallest absolute Gasteiger partial charge is 0.334 e. The van der Waals surface area contributed by atoms with Crippen LogP contribution in [0.4, 0.5) is 5.69 Å². The molecule has 2 aromatic rings. The van der Waals surface area contributed by atoms with Crippen molar-refractivity contribution in [1.82, 2.24) is 4.98 Å². The molecular weight excluding hydrogens is 272 g/mol. The maximum Gasteiger partial charge on any atom is 0.334 e. The molecule has 1 aliphatic carbocycles. The van der Waals surface area contributed by atoms with E-state index in [0.29, 0.717) is 29.7 Å². The van der Waals surface area contributed by atoms with Crippen molar-refractivity contribution >= 4 is 11.5 Å². The van der Waals surface area contributed by atoms with Gasteiger partial charge in [-0.25, -0.2) is 4.98 Å². The second kappa shape index (κ2) is 4.97. The lowest BCUT2D eigenvalue weighted by atomic mass is 10.1. The van der Waals surface area contributed by atoms with E-state index in [-0.39, 0.29) is 17.4 Å². The van der Waals surface area contributed by atoms with Crippen LogP contribution in [0.25, 0.3) is 0 Å². The summed E-state index contributed by atoms with van der Waals surface area (Å²) in [5.74, 6) is 0.533. The number of hydrogen-bond donors (Lipinski definition) is 0. The standard InChI is InChI=1S/C15H12N2O4/c1-9-6-7-16-15(14(9)17(19)20)21-11-3-4-12-10(8-11)2-5-13(12)18/h3-4,6-8H,2,5H2,1H3. The van der Waals surface area contributed by atoms with Crippen LogP contribution in [-0.2, 0) is 6.42 Å². The first-order valence-electron chi connectivity index (χ1n) is 6.50. The fourth-order valence-corrected chi connectivity index (χ4v) is 2.43. The third-order valence-corrected chi connectivity index (χ3v) is 3.49. The number of benzene rings is 1. The van der Waals surface area contributed by atoms with Gasteiger partial charge in [-0.2, -0.15) is 0 Å². The molecule has 0 bridgehead atoms. The second-order valence-electron chi connectivity index (χ2n) is 4.88. The number of aromatic nitrogens is 1. The van der Waals surface area contributed by atoms with Crippen LogP contribution in [0.15, 0.2) is 30.5 Å². The van der Waals surface area contributed by atoms with Crippen molar-refractivity contribution in [2.45, 2.75) is 19.8 Å². The highest BCUT2D eigenvalue weighted by Crippen LogP contribution is 2.33. The van der Waals surface area contributed by atoms with Crippen LogP contribution < -0.4 is 4.74 Å². The van der Waals surface area contributed by atoms with Crippen molar-refractivity contribution < 1.29 is 14.5 Å². The number of fused-ring (bicyclic) bond motifs is 1. The normalized spacial score (nSPS) is 13.1. The Morgan fingerprint density at radius 1 is 1.29 bits per heavy atom. The zero-order chi connectivity index (χ0) is 15.0. The lowest BCUT2D eigenvalue weighted by Gasteiger charge is -2.07. The Hall–Kier alpha value is -2.76. The number of nitrogens with zero attached hydrogens (tertiary/aromatic N) is 2. The van der Waals surface area contributed by atoms with Crippen molar-refractivity contribution in [3.8, 4) is 11.6 Å². The first-order chi connectivity index (χ1) is 10.1. The van der Waals surface area contributed by atoms with E-state index in [1.54, 1.807) is 31.2 Å². The first-order valence-corrected chi connectivity index (χ1v) is 6.50. The summed E-state index contributed by atoms with van der Waals surface area (Å²) in [6.07, 6.45) is 2.64. The maximum atomic E-state index is 11.6. The van der Waals surface area contributed by atoms with Gasteiger partial charge in [-0.1, -0.05) is 0 Å². The Labute approximate surface area is 120 Å². The van der Waals surface area contributed by atoms with Gasteiger partial charge in [-0.3, -0.25) is 14.9 Å². The summed E-state index contributed by atoms with van der Waals surface area (Å²) < 4.78 is 5.55. The SMILES string of the molecule is Cc1ccnc(Oc2ccc3c(c2)CCC3=O)c1[N+](=O)[O-]. The van der Waals surface area contributed by atoms with E-state index in [4.69, 9.17) is 4.74 Å².